The number of imidazole rings is 1. The maximum Gasteiger partial charge on any atom is 0.105 e. The van der Waals surface area contributed by atoms with Gasteiger partial charge in [0.15, 0.2) is 0 Å². The van der Waals surface area contributed by atoms with Crippen molar-refractivity contribution >= 4 is 0 Å². The predicted molar refractivity (Wildman–Crippen MR) is 91.5 cm³/mol. The zero-order chi connectivity index (χ0) is 15.5. The molecule has 0 unspecified atom stereocenters. The number of hydrogen-bond acceptors (Lipinski definition) is 2. The van der Waals surface area contributed by atoms with E-state index in [1.807, 2.05) is 6.20 Å². The Morgan fingerprint density at radius 3 is 2.43 bits per heavy atom. The Morgan fingerprint density at radius 1 is 1.10 bits per heavy atom. The first-order chi connectivity index (χ1) is 10.1. The highest BCUT2D eigenvalue weighted by Gasteiger charge is 2.06. The summed E-state index contributed by atoms with van der Waals surface area (Å²) in [5.74, 6) is 1.85. The first kappa shape index (κ1) is 18.2. The van der Waals surface area contributed by atoms with Gasteiger partial charge in [0.05, 0.1) is 5.69 Å². The van der Waals surface area contributed by atoms with Crippen LogP contribution in [0.1, 0.15) is 77.2 Å². The van der Waals surface area contributed by atoms with E-state index in [0.717, 1.165) is 25.5 Å². The lowest BCUT2D eigenvalue weighted by Gasteiger charge is -2.12. The van der Waals surface area contributed by atoms with Crippen molar-refractivity contribution in [1.29, 1.82) is 0 Å². The van der Waals surface area contributed by atoms with Crippen LogP contribution in [0.25, 0.3) is 0 Å². The normalized spacial score (nSPS) is 11.5. The van der Waals surface area contributed by atoms with E-state index in [2.05, 4.69) is 42.6 Å². The molecule has 0 bridgehead atoms. The summed E-state index contributed by atoms with van der Waals surface area (Å²) in [5.41, 5.74) is 1.33. The van der Waals surface area contributed by atoms with Crippen molar-refractivity contribution in [2.75, 3.05) is 6.54 Å². The second-order valence-corrected chi connectivity index (χ2v) is 6.59. The fourth-order valence-electron chi connectivity index (χ4n) is 2.68. The average molecular weight is 293 g/mol. The number of nitrogens with zero attached hydrogens (tertiary/aromatic N) is 2. The number of aryl methyl sites for hydroxylation is 1. The van der Waals surface area contributed by atoms with Crippen LogP contribution in [-0.2, 0) is 13.1 Å². The van der Waals surface area contributed by atoms with Gasteiger partial charge in [0.1, 0.15) is 5.82 Å². The molecule has 1 aromatic heterocycles. The maximum atomic E-state index is 4.48. The summed E-state index contributed by atoms with van der Waals surface area (Å²) in [6.07, 6.45) is 11.6. The second-order valence-electron chi connectivity index (χ2n) is 6.59. The number of rotatable bonds is 12. The minimum Gasteiger partial charge on any atom is -0.331 e. The van der Waals surface area contributed by atoms with Crippen LogP contribution in [0.5, 0.6) is 0 Å². The molecule has 1 aromatic rings. The highest BCUT2D eigenvalue weighted by Crippen LogP contribution is 2.11. The highest BCUT2D eigenvalue weighted by atomic mass is 15.1. The summed E-state index contributed by atoms with van der Waals surface area (Å²) < 4.78 is 2.39. The summed E-state index contributed by atoms with van der Waals surface area (Å²) in [4.78, 5) is 4.48. The van der Waals surface area contributed by atoms with E-state index < -0.39 is 0 Å². The molecule has 1 N–H and O–H groups in total. The lowest BCUT2D eigenvalue weighted by atomic mass is 10.1. The smallest absolute Gasteiger partial charge is 0.105 e. The molecule has 1 heterocycles. The van der Waals surface area contributed by atoms with Crippen molar-refractivity contribution in [3.8, 4) is 0 Å². The molecular formula is C18H35N3. The minimum atomic E-state index is 0.700. The number of hydrogen-bond donors (Lipinski definition) is 1. The number of aromatic nitrogens is 2. The third-order valence-electron chi connectivity index (χ3n) is 3.98. The lowest BCUT2D eigenvalue weighted by molar-refractivity contribution is 0.510. The molecule has 21 heavy (non-hydrogen) atoms. The van der Waals surface area contributed by atoms with Gasteiger partial charge in [-0.15, -0.1) is 0 Å². The van der Waals surface area contributed by atoms with Crippen molar-refractivity contribution < 1.29 is 0 Å². The fraction of sp³-hybridized carbons (Fsp3) is 0.833. The summed E-state index contributed by atoms with van der Waals surface area (Å²) in [7, 11) is 0. The molecule has 0 saturated heterocycles. The topological polar surface area (TPSA) is 29.9 Å². The molecule has 3 nitrogen and oxygen atoms in total. The maximum absolute atomic E-state index is 4.48. The molecule has 0 fully saturated rings. The van der Waals surface area contributed by atoms with Gasteiger partial charge in [0, 0.05) is 19.3 Å². The molecular weight excluding hydrogens is 258 g/mol. The van der Waals surface area contributed by atoms with E-state index in [4.69, 9.17) is 0 Å². The van der Waals surface area contributed by atoms with Gasteiger partial charge in [-0.2, -0.15) is 0 Å². The minimum absolute atomic E-state index is 0.700. The molecule has 0 aromatic carbocycles. The van der Waals surface area contributed by atoms with Crippen molar-refractivity contribution in [2.45, 2.75) is 85.7 Å². The Bertz CT molecular complexity index is 369. The van der Waals surface area contributed by atoms with Gasteiger partial charge in [-0.1, -0.05) is 59.3 Å². The van der Waals surface area contributed by atoms with E-state index in [0.29, 0.717) is 5.92 Å². The fourth-order valence-corrected chi connectivity index (χ4v) is 2.68. The second kappa shape index (κ2) is 10.8. The van der Waals surface area contributed by atoms with Crippen LogP contribution >= 0.6 is 0 Å². The summed E-state index contributed by atoms with van der Waals surface area (Å²) in [5, 5.41) is 3.52. The lowest BCUT2D eigenvalue weighted by Crippen LogP contribution is -2.21. The van der Waals surface area contributed by atoms with Crippen LogP contribution in [0.2, 0.25) is 0 Å². The van der Waals surface area contributed by atoms with Gasteiger partial charge >= 0.3 is 0 Å². The quantitative estimate of drug-likeness (QED) is 0.567. The van der Waals surface area contributed by atoms with Crippen molar-refractivity contribution in [3.05, 3.63) is 17.7 Å². The zero-order valence-corrected chi connectivity index (χ0v) is 14.6. The van der Waals surface area contributed by atoms with Gasteiger partial charge in [-0.25, -0.2) is 4.98 Å². The van der Waals surface area contributed by atoms with Crippen LogP contribution in [0.3, 0.4) is 0 Å². The molecule has 0 atom stereocenters. The predicted octanol–water partition coefficient (Wildman–Crippen LogP) is 4.69. The molecule has 1 rings (SSSR count). The zero-order valence-electron chi connectivity index (χ0n) is 14.6. The molecule has 0 radical (unpaired) electrons. The molecule has 0 aliphatic carbocycles. The Kier molecular flexibility index (Phi) is 9.40. The van der Waals surface area contributed by atoms with Crippen LogP contribution in [0.15, 0.2) is 6.20 Å². The van der Waals surface area contributed by atoms with Crippen molar-refractivity contribution in [2.24, 2.45) is 5.92 Å². The van der Waals surface area contributed by atoms with Gasteiger partial charge < -0.3 is 9.88 Å². The SMILES string of the molecule is CCCCCCCCCn1c(CNCC(C)C)cnc1C. The van der Waals surface area contributed by atoms with Crippen LogP contribution in [0.4, 0.5) is 0 Å². The van der Waals surface area contributed by atoms with Gasteiger partial charge in [-0.3, -0.25) is 0 Å². The molecule has 122 valence electrons. The molecule has 3 heteroatoms. The van der Waals surface area contributed by atoms with Gasteiger partial charge in [0.25, 0.3) is 0 Å². The summed E-state index contributed by atoms with van der Waals surface area (Å²) in [6, 6.07) is 0. The Labute approximate surface area is 131 Å². The van der Waals surface area contributed by atoms with Crippen molar-refractivity contribution in [3.63, 3.8) is 0 Å². The molecule has 0 aliphatic heterocycles. The van der Waals surface area contributed by atoms with Gasteiger partial charge in [0.2, 0.25) is 0 Å². The first-order valence-corrected chi connectivity index (χ1v) is 8.86. The number of unbranched alkanes of at least 4 members (excludes halogenated alkanes) is 6. The Balaban J connectivity index is 2.25. The largest absolute Gasteiger partial charge is 0.331 e. The van der Waals surface area contributed by atoms with Crippen molar-refractivity contribution in [1.82, 2.24) is 14.9 Å². The molecule has 0 saturated carbocycles. The Morgan fingerprint density at radius 2 is 1.76 bits per heavy atom. The van der Waals surface area contributed by atoms with E-state index in [9.17, 15) is 0 Å². The van der Waals surface area contributed by atoms with Crippen LogP contribution in [-0.4, -0.2) is 16.1 Å². The van der Waals surface area contributed by atoms with E-state index in [1.165, 1.54) is 50.6 Å². The summed E-state index contributed by atoms with van der Waals surface area (Å²) in [6.45, 7) is 12.0. The first-order valence-electron chi connectivity index (χ1n) is 8.86. The monoisotopic (exact) mass is 293 g/mol. The average Bonchev–Trinajstić information content (AvgIpc) is 2.79. The third-order valence-corrected chi connectivity index (χ3v) is 3.98. The van der Waals surface area contributed by atoms with E-state index >= 15 is 0 Å². The molecule has 0 aliphatic rings. The van der Waals surface area contributed by atoms with E-state index in [1.54, 1.807) is 0 Å². The third kappa shape index (κ3) is 7.66. The molecule has 0 spiro atoms. The molecule has 0 amide bonds. The number of nitrogens with one attached hydrogen (secondary N) is 1. The Hall–Kier alpha value is -0.830. The van der Waals surface area contributed by atoms with Gasteiger partial charge in [-0.05, 0) is 25.8 Å². The van der Waals surface area contributed by atoms with Crippen LogP contribution in [0, 0.1) is 12.8 Å². The van der Waals surface area contributed by atoms with Crippen LogP contribution < -0.4 is 5.32 Å². The van der Waals surface area contributed by atoms with E-state index in [-0.39, 0.29) is 0 Å². The highest BCUT2D eigenvalue weighted by molar-refractivity contribution is 5.04. The summed E-state index contributed by atoms with van der Waals surface area (Å²) >= 11 is 0. The standard InChI is InChI=1S/C18H35N3/c1-5-6-7-8-9-10-11-12-21-17(4)20-15-18(21)14-19-13-16(2)3/h15-16,19H,5-14H2,1-4H3.